The Kier molecular flexibility index (Phi) is 4.52. The fraction of sp³-hybridized carbons (Fsp3) is 0.571. The highest BCUT2D eigenvalue weighted by Crippen LogP contribution is 2.26. The zero-order valence-electron chi connectivity index (χ0n) is 12.3. The molecule has 5 nitrogen and oxygen atoms in total. The molecule has 1 unspecified atom stereocenters. The van der Waals surface area contributed by atoms with Crippen molar-refractivity contribution in [3.8, 4) is 0 Å². The normalized spacial score (nSPS) is 13.6. The summed E-state index contributed by atoms with van der Waals surface area (Å²) < 4.78 is 0. The lowest BCUT2D eigenvalue weighted by Gasteiger charge is -2.35. The molecule has 0 heterocycles. The van der Waals surface area contributed by atoms with Crippen molar-refractivity contribution in [2.75, 3.05) is 12.8 Å². The van der Waals surface area contributed by atoms with Crippen LogP contribution in [0.25, 0.3) is 0 Å². The summed E-state index contributed by atoms with van der Waals surface area (Å²) in [6.45, 7) is 9.26. The van der Waals surface area contributed by atoms with E-state index >= 15 is 0 Å². The van der Waals surface area contributed by atoms with Crippen molar-refractivity contribution in [3.05, 3.63) is 33.9 Å². The second-order valence-electron chi connectivity index (χ2n) is 6.10. The van der Waals surface area contributed by atoms with Crippen LogP contribution >= 0.6 is 0 Å². The van der Waals surface area contributed by atoms with E-state index in [2.05, 4.69) is 32.6 Å². The summed E-state index contributed by atoms with van der Waals surface area (Å²) >= 11 is 0. The summed E-state index contributed by atoms with van der Waals surface area (Å²) in [6, 6.07) is 4.93. The number of benzene rings is 1. The molecule has 2 N–H and O–H groups in total. The molecular weight excluding hydrogens is 242 g/mol. The minimum atomic E-state index is -0.393. The van der Waals surface area contributed by atoms with Gasteiger partial charge in [-0.15, -0.1) is 0 Å². The van der Waals surface area contributed by atoms with Gasteiger partial charge in [0.25, 0.3) is 5.69 Å². The van der Waals surface area contributed by atoms with Gasteiger partial charge in [-0.25, -0.2) is 0 Å². The average Bonchev–Trinajstić information content (AvgIpc) is 2.29. The summed E-state index contributed by atoms with van der Waals surface area (Å²) in [7, 11) is 2.01. The second-order valence-corrected chi connectivity index (χ2v) is 6.10. The summed E-state index contributed by atoms with van der Waals surface area (Å²) in [5, 5.41) is 10.8. The molecule has 1 aromatic carbocycles. The molecule has 0 radical (unpaired) electrons. The molecule has 1 rings (SSSR count). The molecule has 106 valence electrons. The van der Waals surface area contributed by atoms with Crippen LogP contribution in [0.15, 0.2) is 18.2 Å². The number of nitrogens with two attached hydrogens (primary N) is 1. The Balaban J connectivity index is 2.93. The maximum absolute atomic E-state index is 10.8. The lowest BCUT2D eigenvalue weighted by atomic mass is 9.87. The first kappa shape index (κ1) is 15.4. The van der Waals surface area contributed by atoms with Gasteiger partial charge in [0.05, 0.1) is 4.92 Å². The van der Waals surface area contributed by atoms with Crippen LogP contribution in [0.2, 0.25) is 0 Å². The largest absolute Gasteiger partial charge is 0.398 e. The van der Waals surface area contributed by atoms with E-state index in [4.69, 9.17) is 5.73 Å². The molecule has 1 atom stereocenters. The fourth-order valence-electron chi connectivity index (χ4n) is 1.91. The summed E-state index contributed by atoms with van der Waals surface area (Å²) in [6.07, 6.45) is 0. The van der Waals surface area contributed by atoms with Crippen molar-refractivity contribution in [3.63, 3.8) is 0 Å². The summed E-state index contributed by atoms with van der Waals surface area (Å²) in [5.41, 5.74) is 7.52. The third-order valence-corrected chi connectivity index (χ3v) is 3.67. The Hall–Kier alpha value is -1.62. The van der Waals surface area contributed by atoms with Gasteiger partial charge in [0.1, 0.15) is 0 Å². The van der Waals surface area contributed by atoms with Gasteiger partial charge in [-0.05, 0) is 31.0 Å². The van der Waals surface area contributed by atoms with Crippen LogP contribution in [0.4, 0.5) is 11.4 Å². The third kappa shape index (κ3) is 3.92. The average molecular weight is 265 g/mol. The zero-order chi connectivity index (χ0) is 14.8. The van der Waals surface area contributed by atoms with Gasteiger partial charge in [0.15, 0.2) is 0 Å². The first-order valence-electron chi connectivity index (χ1n) is 6.36. The highest BCUT2D eigenvalue weighted by molar-refractivity contribution is 5.52. The number of hydrogen-bond acceptors (Lipinski definition) is 4. The van der Waals surface area contributed by atoms with Crippen LogP contribution in [0.3, 0.4) is 0 Å². The predicted molar refractivity (Wildman–Crippen MR) is 77.9 cm³/mol. The molecule has 0 saturated heterocycles. The lowest BCUT2D eigenvalue weighted by molar-refractivity contribution is -0.384. The zero-order valence-corrected chi connectivity index (χ0v) is 12.3. The molecule has 0 spiro atoms. The molecule has 0 aliphatic heterocycles. The maximum atomic E-state index is 10.8. The number of non-ortho nitro benzene ring substituents is 1. The molecular formula is C14H23N3O2. The van der Waals surface area contributed by atoms with Crippen molar-refractivity contribution in [1.82, 2.24) is 4.90 Å². The first-order chi connectivity index (χ1) is 8.62. The van der Waals surface area contributed by atoms with Crippen LogP contribution in [0.5, 0.6) is 0 Å². The highest BCUT2D eigenvalue weighted by atomic mass is 16.6. The molecule has 0 aliphatic rings. The highest BCUT2D eigenvalue weighted by Gasteiger charge is 2.24. The monoisotopic (exact) mass is 265 g/mol. The fourth-order valence-corrected chi connectivity index (χ4v) is 1.91. The SMILES string of the molecule is CC(N(C)Cc1cc([N+](=O)[O-])ccc1N)C(C)(C)C. The van der Waals surface area contributed by atoms with E-state index in [1.54, 1.807) is 12.1 Å². The van der Waals surface area contributed by atoms with Crippen LogP contribution < -0.4 is 5.73 Å². The Morgan fingerprint density at radius 3 is 2.47 bits per heavy atom. The summed E-state index contributed by atoms with van der Waals surface area (Å²) in [4.78, 5) is 12.6. The van der Waals surface area contributed by atoms with Gasteiger partial charge < -0.3 is 5.73 Å². The Labute approximate surface area is 114 Å². The third-order valence-electron chi connectivity index (χ3n) is 3.67. The van der Waals surface area contributed by atoms with E-state index in [-0.39, 0.29) is 11.1 Å². The van der Waals surface area contributed by atoms with Gasteiger partial charge in [-0.3, -0.25) is 15.0 Å². The van der Waals surface area contributed by atoms with Gasteiger partial charge in [0.2, 0.25) is 0 Å². The van der Waals surface area contributed by atoms with Crippen LogP contribution in [0, 0.1) is 15.5 Å². The van der Waals surface area contributed by atoms with Crippen molar-refractivity contribution in [2.24, 2.45) is 5.41 Å². The lowest BCUT2D eigenvalue weighted by Crippen LogP contribution is -2.38. The number of nitrogens with zero attached hydrogens (tertiary/aromatic N) is 2. The number of anilines is 1. The van der Waals surface area contributed by atoms with Crippen molar-refractivity contribution in [2.45, 2.75) is 40.3 Å². The number of nitro benzene ring substituents is 1. The quantitative estimate of drug-likeness (QED) is 0.516. The predicted octanol–water partition coefficient (Wildman–Crippen LogP) is 3.04. The van der Waals surface area contributed by atoms with E-state index < -0.39 is 4.92 Å². The van der Waals surface area contributed by atoms with E-state index in [1.807, 2.05) is 7.05 Å². The smallest absolute Gasteiger partial charge is 0.269 e. The minimum absolute atomic E-state index is 0.0843. The molecule has 0 amide bonds. The molecule has 0 aliphatic carbocycles. The second kappa shape index (κ2) is 5.57. The van der Waals surface area contributed by atoms with Crippen LogP contribution in [-0.4, -0.2) is 22.9 Å². The van der Waals surface area contributed by atoms with Gasteiger partial charge in [-0.2, -0.15) is 0 Å². The van der Waals surface area contributed by atoms with E-state index in [9.17, 15) is 10.1 Å². The Morgan fingerprint density at radius 2 is 2.00 bits per heavy atom. The standard InChI is InChI=1S/C14H23N3O2/c1-10(14(2,3)4)16(5)9-11-8-12(17(18)19)6-7-13(11)15/h6-8,10H,9,15H2,1-5H3. The van der Waals surface area contributed by atoms with Crippen LogP contribution in [-0.2, 0) is 6.54 Å². The maximum Gasteiger partial charge on any atom is 0.269 e. The molecule has 0 fully saturated rings. The number of rotatable bonds is 4. The molecule has 19 heavy (non-hydrogen) atoms. The van der Waals surface area contributed by atoms with Crippen molar-refractivity contribution < 1.29 is 4.92 Å². The number of hydrogen-bond donors (Lipinski definition) is 1. The Bertz CT molecular complexity index is 466. The van der Waals surface area contributed by atoms with Crippen molar-refractivity contribution in [1.29, 1.82) is 0 Å². The Morgan fingerprint density at radius 1 is 1.42 bits per heavy atom. The van der Waals surface area contributed by atoms with Gasteiger partial charge in [0, 0.05) is 30.4 Å². The van der Waals surface area contributed by atoms with E-state index in [1.165, 1.54) is 6.07 Å². The number of nitrogen functional groups attached to an aromatic ring is 1. The number of nitro groups is 1. The molecule has 5 heteroatoms. The molecule has 0 saturated carbocycles. The minimum Gasteiger partial charge on any atom is -0.398 e. The molecule has 0 bridgehead atoms. The molecule has 0 aromatic heterocycles. The van der Waals surface area contributed by atoms with E-state index in [0.717, 1.165) is 5.56 Å². The van der Waals surface area contributed by atoms with Gasteiger partial charge >= 0.3 is 0 Å². The molecule has 1 aromatic rings. The van der Waals surface area contributed by atoms with E-state index in [0.29, 0.717) is 18.3 Å². The van der Waals surface area contributed by atoms with Gasteiger partial charge in [-0.1, -0.05) is 20.8 Å². The first-order valence-corrected chi connectivity index (χ1v) is 6.36. The topological polar surface area (TPSA) is 72.4 Å². The van der Waals surface area contributed by atoms with Crippen molar-refractivity contribution >= 4 is 11.4 Å². The summed E-state index contributed by atoms with van der Waals surface area (Å²) in [5.74, 6) is 0. The van der Waals surface area contributed by atoms with Crippen LogP contribution in [0.1, 0.15) is 33.3 Å².